The van der Waals surface area contributed by atoms with Crippen LogP contribution in [0.15, 0.2) is 66.7 Å². The van der Waals surface area contributed by atoms with E-state index in [4.69, 9.17) is 0 Å². The second-order valence-electron chi connectivity index (χ2n) is 6.93. The van der Waals surface area contributed by atoms with Gasteiger partial charge in [0.1, 0.15) is 0 Å². The van der Waals surface area contributed by atoms with E-state index in [1.54, 1.807) is 4.90 Å². The van der Waals surface area contributed by atoms with Crippen LogP contribution >= 0.6 is 0 Å². The van der Waals surface area contributed by atoms with E-state index in [9.17, 15) is 9.59 Å². The summed E-state index contributed by atoms with van der Waals surface area (Å²) in [6.45, 7) is 0.774. The number of nitrogens with zero attached hydrogens (tertiary/aromatic N) is 1. The molecular weight excluding hydrogens is 336 g/mol. The first-order chi connectivity index (χ1) is 13.2. The fourth-order valence-corrected chi connectivity index (χ4v) is 3.52. The first-order valence-corrected chi connectivity index (χ1v) is 9.37. The van der Waals surface area contributed by atoms with Gasteiger partial charge in [0.05, 0.1) is 0 Å². The molecule has 0 spiro atoms. The fraction of sp³-hybridized carbons (Fsp3) is 0.217. The van der Waals surface area contributed by atoms with E-state index in [0.29, 0.717) is 19.3 Å². The molecule has 0 aliphatic carbocycles. The molecule has 0 unspecified atom stereocenters. The highest BCUT2D eigenvalue weighted by Gasteiger charge is 2.21. The molecule has 0 radical (unpaired) electrons. The largest absolute Gasteiger partial charge is 0.326 e. The van der Waals surface area contributed by atoms with Crippen LogP contribution in [-0.2, 0) is 16.0 Å². The van der Waals surface area contributed by atoms with E-state index >= 15 is 0 Å². The molecule has 1 saturated heterocycles. The molecule has 4 heteroatoms. The van der Waals surface area contributed by atoms with Gasteiger partial charge in [0.2, 0.25) is 11.8 Å². The summed E-state index contributed by atoms with van der Waals surface area (Å²) in [5.41, 5.74) is 2.81. The highest BCUT2D eigenvalue weighted by Crippen LogP contribution is 2.23. The predicted octanol–water partition coefficient (Wildman–Crippen LogP) is 4.54. The second-order valence-corrected chi connectivity index (χ2v) is 6.93. The van der Waals surface area contributed by atoms with Crippen LogP contribution in [0.3, 0.4) is 0 Å². The summed E-state index contributed by atoms with van der Waals surface area (Å²) in [7, 11) is 0. The molecule has 27 heavy (non-hydrogen) atoms. The summed E-state index contributed by atoms with van der Waals surface area (Å²) < 4.78 is 0. The van der Waals surface area contributed by atoms with E-state index < -0.39 is 0 Å². The molecule has 0 bridgehead atoms. The third-order valence-electron chi connectivity index (χ3n) is 4.99. The molecule has 0 aromatic heterocycles. The van der Waals surface area contributed by atoms with Crippen molar-refractivity contribution in [1.82, 2.24) is 0 Å². The molecule has 1 N–H and O–H groups in total. The number of aryl methyl sites for hydroxylation is 1. The van der Waals surface area contributed by atoms with Gasteiger partial charge in [-0.05, 0) is 53.4 Å². The molecule has 1 fully saturated rings. The lowest BCUT2D eigenvalue weighted by atomic mass is 10.0. The van der Waals surface area contributed by atoms with Crippen LogP contribution in [0, 0.1) is 0 Å². The number of carbonyl (C=O) groups excluding carboxylic acids is 2. The molecule has 136 valence electrons. The number of fused-ring (bicyclic) bond motifs is 1. The minimum absolute atomic E-state index is 0.00634. The fourth-order valence-electron chi connectivity index (χ4n) is 3.52. The number of hydrogen-bond acceptors (Lipinski definition) is 2. The van der Waals surface area contributed by atoms with Gasteiger partial charge in [-0.15, -0.1) is 0 Å². The molecule has 2 amide bonds. The van der Waals surface area contributed by atoms with Crippen molar-refractivity contribution in [2.75, 3.05) is 16.8 Å². The van der Waals surface area contributed by atoms with E-state index in [-0.39, 0.29) is 11.8 Å². The Balaban J connectivity index is 1.34. The predicted molar refractivity (Wildman–Crippen MR) is 109 cm³/mol. The minimum Gasteiger partial charge on any atom is -0.326 e. The van der Waals surface area contributed by atoms with Crippen LogP contribution in [0.2, 0.25) is 0 Å². The highest BCUT2D eigenvalue weighted by atomic mass is 16.2. The van der Waals surface area contributed by atoms with Crippen molar-refractivity contribution in [1.29, 1.82) is 0 Å². The zero-order valence-corrected chi connectivity index (χ0v) is 15.2. The lowest BCUT2D eigenvalue weighted by Gasteiger charge is -2.16. The molecule has 4 rings (SSSR count). The molecule has 4 nitrogen and oxygen atoms in total. The van der Waals surface area contributed by atoms with Gasteiger partial charge in [-0.3, -0.25) is 9.59 Å². The Morgan fingerprint density at radius 2 is 1.74 bits per heavy atom. The second kappa shape index (κ2) is 7.62. The number of nitrogens with one attached hydrogen (secondary N) is 1. The first kappa shape index (κ1) is 17.3. The minimum atomic E-state index is -0.00634. The maximum Gasteiger partial charge on any atom is 0.227 e. The van der Waals surface area contributed by atoms with Gasteiger partial charge in [-0.1, -0.05) is 42.5 Å². The molecule has 3 aromatic carbocycles. The lowest BCUT2D eigenvalue weighted by Crippen LogP contribution is -2.23. The molecular formula is C23H22N2O2. The zero-order valence-electron chi connectivity index (χ0n) is 15.2. The van der Waals surface area contributed by atoms with E-state index in [0.717, 1.165) is 29.9 Å². The lowest BCUT2D eigenvalue weighted by molar-refractivity contribution is -0.117. The van der Waals surface area contributed by atoms with Crippen LogP contribution in [0.1, 0.15) is 24.8 Å². The number of hydrogen-bond donors (Lipinski definition) is 1. The molecule has 0 atom stereocenters. The monoisotopic (exact) mass is 358 g/mol. The quantitative estimate of drug-likeness (QED) is 0.728. The van der Waals surface area contributed by atoms with Crippen molar-refractivity contribution < 1.29 is 9.59 Å². The molecule has 0 saturated carbocycles. The number of amides is 2. The Labute approximate surface area is 158 Å². The Bertz CT molecular complexity index is 979. The topological polar surface area (TPSA) is 49.4 Å². The van der Waals surface area contributed by atoms with Gasteiger partial charge in [-0.2, -0.15) is 0 Å². The molecule has 1 aliphatic heterocycles. The molecule has 1 aliphatic rings. The van der Waals surface area contributed by atoms with Crippen molar-refractivity contribution in [3.8, 4) is 0 Å². The van der Waals surface area contributed by atoms with E-state index in [2.05, 4.69) is 35.6 Å². The SMILES string of the molecule is O=C(CCc1ccc2ccccc2c1)Nc1ccc(N2CCCC2=O)cc1. The summed E-state index contributed by atoms with van der Waals surface area (Å²) in [5.74, 6) is 0.162. The first-order valence-electron chi connectivity index (χ1n) is 9.37. The van der Waals surface area contributed by atoms with Crippen LogP contribution < -0.4 is 10.2 Å². The van der Waals surface area contributed by atoms with Crippen LogP contribution in [0.25, 0.3) is 10.8 Å². The van der Waals surface area contributed by atoms with Crippen LogP contribution in [0.4, 0.5) is 11.4 Å². The normalized spacial score (nSPS) is 13.9. The van der Waals surface area contributed by atoms with Gasteiger partial charge in [0.25, 0.3) is 0 Å². The molecule has 3 aromatic rings. The number of rotatable bonds is 5. The summed E-state index contributed by atoms with van der Waals surface area (Å²) >= 11 is 0. The number of carbonyl (C=O) groups is 2. The summed E-state index contributed by atoms with van der Waals surface area (Å²) in [4.78, 5) is 25.9. The summed E-state index contributed by atoms with van der Waals surface area (Å²) in [6.07, 6.45) is 2.67. The van der Waals surface area contributed by atoms with Crippen molar-refractivity contribution >= 4 is 34.0 Å². The van der Waals surface area contributed by atoms with Crippen molar-refractivity contribution in [3.63, 3.8) is 0 Å². The Hall–Kier alpha value is -3.14. The Morgan fingerprint density at radius 1 is 0.963 bits per heavy atom. The molecule has 1 heterocycles. The smallest absolute Gasteiger partial charge is 0.227 e. The highest BCUT2D eigenvalue weighted by molar-refractivity contribution is 5.96. The third-order valence-corrected chi connectivity index (χ3v) is 4.99. The van der Waals surface area contributed by atoms with Crippen molar-refractivity contribution in [2.45, 2.75) is 25.7 Å². The number of anilines is 2. The van der Waals surface area contributed by atoms with E-state index in [1.165, 1.54) is 10.8 Å². The van der Waals surface area contributed by atoms with Gasteiger partial charge in [0, 0.05) is 30.8 Å². The van der Waals surface area contributed by atoms with Crippen LogP contribution in [-0.4, -0.2) is 18.4 Å². The number of benzene rings is 3. The van der Waals surface area contributed by atoms with Gasteiger partial charge < -0.3 is 10.2 Å². The third kappa shape index (κ3) is 4.00. The summed E-state index contributed by atoms with van der Waals surface area (Å²) in [6, 6.07) is 22.0. The Morgan fingerprint density at radius 3 is 2.48 bits per heavy atom. The maximum absolute atomic E-state index is 12.3. The Kier molecular flexibility index (Phi) is 4.88. The van der Waals surface area contributed by atoms with Crippen LogP contribution in [0.5, 0.6) is 0 Å². The van der Waals surface area contributed by atoms with Crippen molar-refractivity contribution in [3.05, 3.63) is 72.3 Å². The standard InChI is InChI=1S/C23H22N2O2/c26-22(14-8-17-7-9-18-4-1-2-5-19(18)16-17)24-20-10-12-21(13-11-20)25-15-3-6-23(25)27/h1-2,4-5,7,9-13,16H,3,6,8,14-15H2,(H,24,26). The van der Waals surface area contributed by atoms with Crippen molar-refractivity contribution in [2.24, 2.45) is 0 Å². The zero-order chi connectivity index (χ0) is 18.6. The van der Waals surface area contributed by atoms with Gasteiger partial charge in [0.15, 0.2) is 0 Å². The summed E-state index contributed by atoms with van der Waals surface area (Å²) in [5, 5.41) is 5.34. The van der Waals surface area contributed by atoms with E-state index in [1.807, 2.05) is 36.4 Å². The van der Waals surface area contributed by atoms with Gasteiger partial charge in [-0.25, -0.2) is 0 Å². The maximum atomic E-state index is 12.3. The average molecular weight is 358 g/mol. The van der Waals surface area contributed by atoms with Gasteiger partial charge >= 0.3 is 0 Å². The average Bonchev–Trinajstić information content (AvgIpc) is 3.13.